The Kier molecular flexibility index (Phi) is 4.38. The number of aromatic nitrogens is 2. The Morgan fingerprint density at radius 1 is 1.20 bits per heavy atom. The van der Waals surface area contributed by atoms with Crippen LogP contribution in [0.25, 0.3) is 6.08 Å². The lowest BCUT2D eigenvalue weighted by Gasteiger charge is -2.40. The van der Waals surface area contributed by atoms with Gasteiger partial charge in [-0.1, -0.05) is 12.2 Å². The van der Waals surface area contributed by atoms with Crippen LogP contribution in [0.15, 0.2) is 30.6 Å². The van der Waals surface area contributed by atoms with Gasteiger partial charge in [-0.15, -0.1) is 0 Å². The Morgan fingerprint density at radius 3 is 2.60 bits per heavy atom. The molecule has 0 saturated carbocycles. The van der Waals surface area contributed by atoms with Crippen LogP contribution in [0.3, 0.4) is 0 Å². The van der Waals surface area contributed by atoms with E-state index in [9.17, 15) is 14.9 Å². The zero-order valence-electron chi connectivity index (χ0n) is 16.3. The van der Waals surface area contributed by atoms with Crippen LogP contribution >= 0.6 is 0 Å². The minimum atomic E-state index is -0.483. The lowest BCUT2D eigenvalue weighted by Crippen LogP contribution is -2.47. The number of primary amides is 1. The average Bonchev–Trinajstić information content (AvgIpc) is 3.31. The largest absolute Gasteiger partial charge is 0.381 e. The van der Waals surface area contributed by atoms with E-state index in [1.165, 1.54) is 12.3 Å². The van der Waals surface area contributed by atoms with Crippen molar-refractivity contribution in [1.82, 2.24) is 9.97 Å². The van der Waals surface area contributed by atoms with Gasteiger partial charge in [-0.05, 0) is 31.7 Å². The second-order valence-electron chi connectivity index (χ2n) is 8.11. The van der Waals surface area contributed by atoms with E-state index in [2.05, 4.69) is 20.2 Å². The molecule has 9 nitrogen and oxygen atoms in total. The minimum absolute atomic E-state index is 0.00114. The molecule has 0 aromatic carbocycles. The van der Waals surface area contributed by atoms with Gasteiger partial charge in [0, 0.05) is 42.4 Å². The first-order valence-corrected chi connectivity index (χ1v) is 10.1. The fraction of sp³-hybridized carbons (Fsp3) is 0.381. The molecular weight excluding hydrogens is 384 g/mol. The number of fused-ring (bicyclic) bond motifs is 3. The van der Waals surface area contributed by atoms with Crippen LogP contribution in [-0.2, 0) is 6.42 Å². The van der Waals surface area contributed by atoms with Gasteiger partial charge in [0.05, 0.1) is 21.9 Å². The molecule has 2 bridgehead atoms. The second kappa shape index (κ2) is 7.08. The number of piperidine rings is 1. The molecule has 1 amide bonds. The van der Waals surface area contributed by atoms with E-state index in [1.54, 1.807) is 12.3 Å². The summed E-state index contributed by atoms with van der Waals surface area (Å²) in [6.07, 6.45) is 11.6. The van der Waals surface area contributed by atoms with Crippen LogP contribution < -0.4 is 16.0 Å². The highest BCUT2D eigenvalue weighted by molar-refractivity contribution is 6.00. The maximum Gasteiger partial charge on any atom is 0.287 e. The van der Waals surface area contributed by atoms with Crippen molar-refractivity contribution >= 4 is 29.2 Å². The molecule has 2 aliphatic heterocycles. The number of anilines is 2. The van der Waals surface area contributed by atoms with Gasteiger partial charge in [0.1, 0.15) is 12.0 Å². The molecule has 2 fully saturated rings. The molecule has 154 valence electrons. The molecule has 0 spiro atoms. The summed E-state index contributed by atoms with van der Waals surface area (Å²) in [5.41, 5.74) is 8.73. The van der Waals surface area contributed by atoms with Crippen molar-refractivity contribution in [1.29, 1.82) is 0 Å². The predicted octanol–water partition coefficient (Wildman–Crippen LogP) is 2.66. The van der Waals surface area contributed by atoms with Gasteiger partial charge in [0.15, 0.2) is 0 Å². The third-order valence-electron chi connectivity index (χ3n) is 6.35. The summed E-state index contributed by atoms with van der Waals surface area (Å²) in [7, 11) is 0. The quantitative estimate of drug-likeness (QED) is 0.577. The zero-order chi connectivity index (χ0) is 20.8. The van der Waals surface area contributed by atoms with Crippen LogP contribution in [0.1, 0.15) is 47.3 Å². The fourth-order valence-corrected chi connectivity index (χ4v) is 5.05. The zero-order valence-corrected chi connectivity index (χ0v) is 16.3. The van der Waals surface area contributed by atoms with E-state index < -0.39 is 10.8 Å². The predicted molar refractivity (Wildman–Crippen MR) is 112 cm³/mol. The first-order valence-electron chi connectivity index (χ1n) is 10.1. The number of carbonyl (C=O) groups excluding carboxylic acids is 1. The van der Waals surface area contributed by atoms with Crippen molar-refractivity contribution in [3.8, 4) is 0 Å². The lowest BCUT2D eigenvalue weighted by molar-refractivity contribution is -0.385. The number of amides is 1. The maximum atomic E-state index is 12.0. The average molecular weight is 406 g/mol. The number of allylic oxidation sites excluding steroid dienone is 1. The molecule has 2 aromatic rings. The van der Waals surface area contributed by atoms with E-state index in [0.29, 0.717) is 17.6 Å². The fourth-order valence-electron chi connectivity index (χ4n) is 5.05. The molecule has 1 aliphatic carbocycles. The van der Waals surface area contributed by atoms with Crippen molar-refractivity contribution in [2.45, 2.75) is 50.2 Å². The normalized spacial score (nSPS) is 24.0. The standard InChI is InChI=1S/C21H22N6O3/c22-21(28)17-11-23-18-3-1-2-16(18)20(17)25-12-8-13-4-5-14(9-12)26(13)19-7-6-15(10-24-19)27(29)30/h1-2,6-7,10-14H,3-5,8-9H2,(H2,22,28)(H,23,25)/t12?,13-,14+. The van der Waals surface area contributed by atoms with Crippen LogP contribution in [0, 0.1) is 10.1 Å². The van der Waals surface area contributed by atoms with Crippen LogP contribution in [0.2, 0.25) is 0 Å². The highest BCUT2D eigenvalue weighted by Gasteiger charge is 2.42. The molecule has 2 aromatic heterocycles. The molecule has 1 unspecified atom stereocenters. The smallest absolute Gasteiger partial charge is 0.287 e. The number of nitrogens with one attached hydrogen (secondary N) is 1. The SMILES string of the molecule is NC(=O)c1cnc2c(c1NC1C[C@H]3CC[C@@H](C1)N3c1ccc([N+](=O)[O-])cn1)C=CC2. The monoisotopic (exact) mass is 406 g/mol. The van der Waals surface area contributed by atoms with Gasteiger partial charge >= 0.3 is 0 Å². The molecule has 5 rings (SSSR count). The highest BCUT2D eigenvalue weighted by atomic mass is 16.6. The number of rotatable bonds is 5. The van der Waals surface area contributed by atoms with Crippen molar-refractivity contribution in [3.05, 3.63) is 57.5 Å². The third kappa shape index (κ3) is 3.06. The Labute approximate surface area is 173 Å². The number of nitrogens with two attached hydrogens (primary N) is 1. The van der Waals surface area contributed by atoms with Crippen LogP contribution in [0.4, 0.5) is 17.2 Å². The number of hydrogen-bond donors (Lipinski definition) is 2. The lowest BCUT2D eigenvalue weighted by atomic mass is 9.96. The Hall–Kier alpha value is -3.49. The number of nitro groups is 1. The minimum Gasteiger partial charge on any atom is -0.381 e. The summed E-state index contributed by atoms with van der Waals surface area (Å²) in [4.78, 5) is 33.5. The summed E-state index contributed by atoms with van der Waals surface area (Å²) in [6.45, 7) is 0. The van der Waals surface area contributed by atoms with E-state index in [-0.39, 0.29) is 11.7 Å². The van der Waals surface area contributed by atoms with Gasteiger partial charge in [0.25, 0.3) is 11.6 Å². The number of pyridine rings is 2. The van der Waals surface area contributed by atoms with Gasteiger partial charge in [-0.3, -0.25) is 19.9 Å². The van der Waals surface area contributed by atoms with Crippen molar-refractivity contribution < 1.29 is 9.72 Å². The first kappa shape index (κ1) is 18.5. The van der Waals surface area contributed by atoms with Crippen LogP contribution in [-0.4, -0.2) is 38.9 Å². The van der Waals surface area contributed by atoms with Crippen molar-refractivity contribution in [2.24, 2.45) is 5.73 Å². The molecule has 3 atom stereocenters. The highest BCUT2D eigenvalue weighted by Crippen LogP contribution is 2.40. The van der Waals surface area contributed by atoms with Crippen molar-refractivity contribution in [2.75, 3.05) is 10.2 Å². The van der Waals surface area contributed by atoms with Crippen LogP contribution in [0.5, 0.6) is 0 Å². The van der Waals surface area contributed by atoms with Gasteiger partial charge in [-0.2, -0.15) is 0 Å². The topological polar surface area (TPSA) is 127 Å². The molecule has 2 saturated heterocycles. The summed E-state index contributed by atoms with van der Waals surface area (Å²) in [6, 6.07) is 4.06. The summed E-state index contributed by atoms with van der Waals surface area (Å²) >= 11 is 0. The van der Waals surface area contributed by atoms with Gasteiger partial charge in [-0.25, -0.2) is 4.98 Å². The molecule has 3 aliphatic rings. The van der Waals surface area contributed by atoms with Gasteiger partial charge < -0.3 is 16.0 Å². The first-order chi connectivity index (χ1) is 14.5. The van der Waals surface area contributed by atoms with E-state index in [1.807, 2.05) is 12.2 Å². The third-order valence-corrected chi connectivity index (χ3v) is 6.35. The van der Waals surface area contributed by atoms with E-state index in [0.717, 1.165) is 54.9 Å². The Bertz CT molecular complexity index is 1040. The number of nitrogens with zero attached hydrogens (tertiary/aromatic N) is 4. The Morgan fingerprint density at radius 2 is 1.97 bits per heavy atom. The van der Waals surface area contributed by atoms with E-state index in [4.69, 9.17) is 5.73 Å². The molecule has 4 heterocycles. The van der Waals surface area contributed by atoms with E-state index >= 15 is 0 Å². The second-order valence-corrected chi connectivity index (χ2v) is 8.11. The summed E-state index contributed by atoms with van der Waals surface area (Å²) in [5.74, 6) is 0.306. The molecule has 9 heteroatoms. The molecular formula is C21H22N6O3. The molecule has 0 radical (unpaired) electrons. The Balaban J connectivity index is 1.37. The summed E-state index contributed by atoms with van der Waals surface area (Å²) < 4.78 is 0. The number of hydrogen-bond acceptors (Lipinski definition) is 7. The summed E-state index contributed by atoms with van der Waals surface area (Å²) in [5, 5.41) is 14.5. The molecule has 30 heavy (non-hydrogen) atoms. The van der Waals surface area contributed by atoms with Crippen molar-refractivity contribution in [3.63, 3.8) is 0 Å². The number of carbonyl (C=O) groups is 1. The molecule has 3 N–H and O–H groups in total. The van der Waals surface area contributed by atoms with Gasteiger partial charge in [0.2, 0.25) is 0 Å². The maximum absolute atomic E-state index is 12.0.